The number of aryl methyl sites for hydroxylation is 1. The standard InChI is InChI=1S/C7H8ClNO2S/c1-5-2-3-6(8)4-7(5)12-11-10-9/h2-4H,9H2,1H3. The summed E-state index contributed by atoms with van der Waals surface area (Å²) in [4.78, 5) is 4.84. The van der Waals surface area contributed by atoms with Crippen LogP contribution in [-0.2, 0) is 9.32 Å². The molecule has 0 saturated carbocycles. The van der Waals surface area contributed by atoms with E-state index in [2.05, 4.69) is 15.2 Å². The Balaban J connectivity index is 2.75. The van der Waals surface area contributed by atoms with Crippen molar-refractivity contribution in [1.82, 2.24) is 0 Å². The van der Waals surface area contributed by atoms with Crippen molar-refractivity contribution in [2.45, 2.75) is 11.8 Å². The first-order valence-corrected chi connectivity index (χ1v) is 4.32. The third-order valence-electron chi connectivity index (χ3n) is 1.31. The molecule has 5 heteroatoms. The highest BCUT2D eigenvalue weighted by molar-refractivity contribution is 7.94. The molecule has 0 bridgehead atoms. The van der Waals surface area contributed by atoms with E-state index in [0.29, 0.717) is 5.02 Å². The zero-order chi connectivity index (χ0) is 8.97. The van der Waals surface area contributed by atoms with Crippen molar-refractivity contribution in [1.29, 1.82) is 0 Å². The van der Waals surface area contributed by atoms with Gasteiger partial charge in [0, 0.05) is 9.92 Å². The van der Waals surface area contributed by atoms with Gasteiger partial charge in [-0.1, -0.05) is 17.7 Å². The second-order valence-corrected chi connectivity index (χ2v) is 3.34. The monoisotopic (exact) mass is 205 g/mol. The van der Waals surface area contributed by atoms with E-state index in [9.17, 15) is 0 Å². The van der Waals surface area contributed by atoms with E-state index < -0.39 is 0 Å². The Kier molecular flexibility index (Phi) is 3.84. The van der Waals surface area contributed by atoms with Crippen molar-refractivity contribution in [2.75, 3.05) is 0 Å². The molecule has 0 amide bonds. The maximum Gasteiger partial charge on any atom is 0.0706 e. The van der Waals surface area contributed by atoms with Crippen LogP contribution in [0.25, 0.3) is 0 Å². The topological polar surface area (TPSA) is 44.5 Å². The first-order valence-electron chi connectivity index (χ1n) is 3.20. The zero-order valence-corrected chi connectivity index (χ0v) is 7.98. The molecule has 1 rings (SSSR count). The quantitative estimate of drug-likeness (QED) is 0.468. The van der Waals surface area contributed by atoms with Gasteiger partial charge in [0.25, 0.3) is 0 Å². The summed E-state index contributed by atoms with van der Waals surface area (Å²) in [5.41, 5.74) is 1.06. The first kappa shape index (κ1) is 9.83. The van der Waals surface area contributed by atoms with Crippen molar-refractivity contribution in [3.05, 3.63) is 28.8 Å². The molecule has 0 atom stereocenters. The lowest BCUT2D eigenvalue weighted by atomic mass is 10.2. The minimum atomic E-state index is 0.656. The molecule has 0 spiro atoms. The molecule has 66 valence electrons. The number of benzene rings is 1. The van der Waals surface area contributed by atoms with Gasteiger partial charge in [-0.2, -0.15) is 5.90 Å². The summed E-state index contributed by atoms with van der Waals surface area (Å²) in [5, 5.41) is 0.656. The van der Waals surface area contributed by atoms with Gasteiger partial charge in [-0.3, -0.25) is 0 Å². The van der Waals surface area contributed by atoms with E-state index in [1.165, 1.54) is 0 Å². The van der Waals surface area contributed by atoms with Gasteiger partial charge in [-0.15, -0.1) is 9.32 Å². The van der Waals surface area contributed by atoms with Gasteiger partial charge >= 0.3 is 0 Å². The van der Waals surface area contributed by atoms with Gasteiger partial charge in [-0.05, 0) is 24.6 Å². The number of nitrogens with two attached hydrogens (primary N) is 1. The molecule has 0 heterocycles. The van der Waals surface area contributed by atoms with Crippen molar-refractivity contribution in [2.24, 2.45) is 5.90 Å². The minimum Gasteiger partial charge on any atom is -0.182 e. The molecule has 12 heavy (non-hydrogen) atoms. The lowest BCUT2D eigenvalue weighted by molar-refractivity contribution is -0.195. The van der Waals surface area contributed by atoms with Gasteiger partial charge in [0.05, 0.1) is 12.0 Å². The van der Waals surface area contributed by atoms with Crippen molar-refractivity contribution in [3.8, 4) is 0 Å². The third-order valence-corrected chi connectivity index (χ3v) is 2.31. The molecule has 0 aromatic heterocycles. The van der Waals surface area contributed by atoms with Crippen LogP contribution in [0.3, 0.4) is 0 Å². The molecule has 0 saturated heterocycles. The highest BCUT2D eigenvalue weighted by atomic mass is 35.5. The molecule has 0 aliphatic heterocycles. The predicted molar refractivity (Wildman–Crippen MR) is 48.4 cm³/mol. The van der Waals surface area contributed by atoms with E-state index in [1.807, 2.05) is 19.1 Å². The summed E-state index contributed by atoms with van der Waals surface area (Å²) in [6.45, 7) is 1.94. The van der Waals surface area contributed by atoms with Crippen LogP contribution >= 0.6 is 23.6 Å². The van der Waals surface area contributed by atoms with Crippen LogP contribution in [0.1, 0.15) is 5.56 Å². The molecule has 3 nitrogen and oxygen atoms in total. The van der Waals surface area contributed by atoms with Gasteiger partial charge in [0.15, 0.2) is 0 Å². The summed E-state index contributed by atoms with van der Waals surface area (Å²) in [6.07, 6.45) is 0. The Bertz CT molecular complexity index is 270. The van der Waals surface area contributed by atoms with Gasteiger partial charge < -0.3 is 0 Å². The molecule has 0 aliphatic carbocycles. The van der Waals surface area contributed by atoms with Gasteiger partial charge in [0.1, 0.15) is 0 Å². The fourth-order valence-corrected chi connectivity index (χ4v) is 1.44. The SMILES string of the molecule is Cc1ccc(Cl)cc1SOON. The molecule has 0 radical (unpaired) electrons. The molecule has 2 N–H and O–H groups in total. The normalized spacial score (nSPS) is 10.2. The Morgan fingerprint density at radius 3 is 2.92 bits per heavy atom. The largest absolute Gasteiger partial charge is 0.182 e. The van der Waals surface area contributed by atoms with Crippen molar-refractivity contribution >= 4 is 23.6 Å². The summed E-state index contributed by atoms with van der Waals surface area (Å²) in [7, 11) is 0. The number of rotatable bonds is 3. The minimum absolute atomic E-state index is 0.656. The van der Waals surface area contributed by atoms with Crippen LogP contribution in [0.15, 0.2) is 23.1 Å². The molecule has 1 aromatic rings. The van der Waals surface area contributed by atoms with Crippen molar-refractivity contribution < 1.29 is 9.32 Å². The van der Waals surface area contributed by atoms with E-state index in [0.717, 1.165) is 22.5 Å². The number of hydrogen-bond donors (Lipinski definition) is 1. The second-order valence-electron chi connectivity index (χ2n) is 2.16. The molecular formula is C7H8ClNO2S. The van der Waals surface area contributed by atoms with Crippen LogP contribution in [0.2, 0.25) is 5.02 Å². The molecule has 1 aromatic carbocycles. The maximum atomic E-state index is 5.75. The maximum absolute atomic E-state index is 5.75. The molecule has 0 aliphatic rings. The van der Waals surface area contributed by atoms with Crippen LogP contribution in [-0.4, -0.2) is 0 Å². The highest BCUT2D eigenvalue weighted by Gasteiger charge is 2.00. The van der Waals surface area contributed by atoms with E-state index in [4.69, 9.17) is 11.6 Å². The summed E-state index contributed by atoms with van der Waals surface area (Å²) >= 11 is 6.78. The van der Waals surface area contributed by atoms with Crippen LogP contribution in [0.4, 0.5) is 0 Å². The summed E-state index contributed by atoms with van der Waals surface area (Å²) < 4.78 is 4.49. The molecule has 0 fully saturated rings. The van der Waals surface area contributed by atoms with E-state index in [1.54, 1.807) is 6.07 Å². The lowest BCUT2D eigenvalue weighted by Gasteiger charge is -2.02. The third kappa shape index (κ3) is 2.66. The average Bonchev–Trinajstić information content (AvgIpc) is 2.07. The number of hydrogen-bond acceptors (Lipinski definition) is 4. The zero-order valence-electron chi connectivity index (χ0n) is 6.41. The smallest absolute Gasteiger partial charge is 0.0706 e. The Hall–Kier alpha value is -0.260. The van der Waals surface area contributed by atoms with Crippen molar-refractivity contribution in [3.63, 3.8) is 0 Å². The second kappa shape index (κ2) is 4.69. The fraction of sp³-hybridized carbons (Fsp3) is 0.143. The highest BCUT2D eigenvalue weighted by Crippen LogP contribution is 2.25. The number of halogens is 1. The Morgan fingerprint density at radius 1 is 1.50 bits per heavy atom. The van der Waals surface area contributed by atoms with Gasteiger partial charge in [-0.25, -0.2) is 0 Å². The molecule has 0 unspecified atom stereocenters. The Morgan fingerprint density at radius 2 is 2.25 bits per heavy atom. The average molecular weight is 206 g/mol. The molecular weight excluding hydrogens is 198 g/mol. The first-order chi connectivity index (χ1) is 5.74. The van der Waals surface area contributed by atoms with Crippen LogP contribution < -0.4 is 5.90 Å². The summed E-state index contributed by atoms with van der Waals surface area (Å²) in [6, 6.07) is 5.48. The van der Waals surface area contributed by atoms with Crippen LogP contribution in [0.5, 0.6) is 0 Å². The fourth-order valence-electron chi connectivity index (χ4n) is 0.720. The summed E-state index contributed by atoms with van der Waals surface area (Å²) in [5.74, 6) is 4.69. The van der Waals surface area contributed by atoms with Crippen LogP contribution in [0, 0.1) is 6.92 Å². The lowest BCUT2D eigenvalue weighted by Crippen LogP contribution is -1.94. The van der Waals surface area contributed by atoms with E-state index in [-0.39, 0.29) is 0 Å². The Labute approximate surface area is 79.9 Å². The van der Waals surface area contributed by atoms with E-state index >= 15 is 0 Å². The van der Waals surface area contributed by atoms with Gasteiger partial charge in [0.2, 0.25) is 0 Å². The predicted octanol–water partition coefficient (Wildman–Crippen LogP) is 2.48.